The molecule has 0 aliphatic carbocycles. The molecule has 0 radical (unpaired) electrons. The van der Waals surface area contributed by atoms with E-state index in [-0.39, 0.29) is 18.9 Å². The van der Waals surface area contributed by atoms with Crippen LogP contribution >= 0.6 is 11.6 Å². The maximum Gasteiger partial charge on any atom is 0.311 e. The van der Waals surface area contributed by atoms with Gasteiger partial charge in [0.1, 0.15) is 0 Å². The van der Waals surface area contributed by atoms with Gasteiger partial charge in [0, 0.05) is 29.4 Å². The molecule has 2 aromatic carbocycles. The first kappa shape index (κ1) is 19.9. The Balaban J connectivity index is 1.53. The second-order valence-electron chi connectivity index (χ2n) is 6.86. The number of nitrogens with one attached hydrogen (secondary N) is 1. The average molecular weight is 401 g/mol. The predicted octanol–water partition coefficient (Wildman–Crippen LogP) is 3.49. The average Bonchev–Trinajstić information content (AvgIpc) is 3.05. The third kappa shape index (κ3) is 4.70. The van der Waals surface area contributed by atoms with Crippen LogP contribution in [0.5, 0.6) is 0 Å². The van der Waals surface area contributed by atoms with Crippen LogP contribution in [0.1, 0.15) is 17.5 Å². The highest BCUT2D eigenvalue weighted by atomic mass is 35.5. The number of carbonyl (C=O) groups is 3. The Hall–Kier alpha value is -2.86. The fourth-order valence-electron chi connectivity index (χ4n) is 3.01. The molecular weight excluding hydrogens is 380 g/mol. The normalized spacial score (nSPS) is 16.2. The second kappa shape index (κ2) is 8.44. The first-order chi connectivity index (χ1) is 13.3. The maximum atomic E-state index is 12.3. The molecule has 7 heteroatoms. The fourth-order valence-corrected chi connectivity index (χ4v) is 3.18. The van der Waals surface area contributed by atoms with E-state index >= 15 is 0 Å². The molecule has 0 unspecified atom stereocenters. The van der Waals surface area contributed by atoms with Gasteiger partial charge in [-0.2, -0.15) is 0 Å². The minimum atomic E-state index is -0.588. The summed E-state index contributed by atoms with van der Waals surface area (Å²) in [5, 5.41) is 3.17. The Labute approximate surface area is 168 Å². The molecule has 0 saturated carbocycles. The number of amides is 2. The van der Waals surface area contributed by atoms with Gasteiger partial charge in [0.05, 0.1) is 5.92 Å². The highest BCUT2D eigenvalue weighted by Crippen LogP contribution is 2.26. The number of hydrogen-bond donors (Lipinski definition) is 1. The lowest BCUT2D eigenvalue weighted by Crippen LogP contribution is -2.28. The topological polar surface area (TPSA) is 75.7 Å². The van der Waals surface area contributed by atoms with Gasteiger partial charge in [0.25, 0.3) is 5.91 Å². The number of benzene rings is 2. The molecule has 1 fully saturated rings. The van der Waals surface area contributed by atoms with Gasteiger partial charge < -0.3 is 15.0 Å². The molecule has 1 aliphatic heterocycles. The number of ether oxygens (including phenoxy) is 1. The smallest absolute Gasteiger partial charge is 0.311 e. The zero-order valence-electron chi connectivity index (χ0n) is 15.7. The van der Waals surface area contributed by atoms with Crippen LogP contribution in [-0.2, 0) is 19.1 Å². The monoisotopic (exact) mass is 400 g/mol. The van der Waals surface area contributed by atoms with Crippen LogP contribution < -0.4 is 10.2 Å². The minimum absolute atomic E-state index is 0.0712. The molecule has 1 atom stereocenters. The van der Waals surface area contributed by atoms with E-state index in [2.05, 4.69) is 5.32 Å². The van der Waals surface area contributed by atoms with Crippen molar-refractivity contribution in [3.8, 4) is 0 Å². The lowest BCUT2D eigenvalue weighted by atomic mass is 10.1. The molecule has 2 aromatic rings. The van der Waals surface area contributed by atoms with Crippen molar-refractivity contribution in [2.24, 2.45) is 5.92 Å². The van der Waals surface area contributed by atoms with Crippen molar-refractivity contribution in [2.45, 2.75) is 20.3 Å². The highest BCUT2D eigenvalue weighted by molar-refractivity contribution is 6.31. The number of hydrogen-bond acceptors (Lipinski definition) is 4. The molecule has 1 heterocycles. The van der Waals surface area contributed by atoms with Gasteiger partial charge in [-0.05, 0) is 43.7 Å². The van der Waals surface area contributed by atoms with Crippen LogP contribution in [0.15, 0.2) is 42.5 Å². The molecule has 6 nitrogen and oxygen atoms in total. The Morgan fingerprint density at radius 3 is 2.61 bits per heavy atom. The number of aryl methyl sites for hydroxylation is 2. The molecule has 1 N–H and O–H groups in total. The molecule has 0 aromatic heterocycles. The van der Waals surface area contributed by atoms with Gasteiger partial charge in [-0.15, -0.1) is 0 Å². The SMILES string of the molecule is Cc1ccc(N2C[C@H](C(=O)OCC(=O)Nc3cc(Cl)ccc3C)CC2=O)cc1. The van der Waals surface area contributed by atoms with Crippen molar-refractivity contribution in [1.29, 1.82) is 0 Å². The van der Waals surface area contributed by atoms with Crippen LogP contribution in [0.2, 0.25) is 5.02 Å². The van der Waals surface area contributed by atoms with Gasteiger partial charge in [-0.3, -0.25) is 14.4 Å². The van der Waals surface area contributed by atoms with E-state index in [4.69, 9.17) is 16.3 Å². The molecule has 28 heavy (non-hydrogen) atoms. The molecule has 0 bridgehead atoms. The first-order valence-corrected chi connectivity index (χ1v) is 9.31. The van der Waals surface area contributed by atoms with E-state index in [1.54, 1.807) is 23.1 Å². The highest BCUT2D eigenvalue weighted by Gasteiger charge is 2.36. The lowest BCUT2D eigenvalue weighted by Gasteiger charge is -2.16. The summed E-state index contributed by atoms with van der Waals surface area (Å²) in [6.07, 6.45) is 0.0712. The van der Waals surface area contributed by atoms with Crippen molar-refractivity contribution in [1.82, 2.24) is 0 Å². The van der Waals surface area contributed by atoms with Crippen molar-refractivity contribution >= 4 is 40.8 Å². The van der Waals surface area contributed by atoms with Gasteiger partial charge >= 0.3 is 5.97 Å². The van der Waals surface area contributed by atoms with Crippen molar-refractivity contribution in [3.05, 3.63) is 58.6 Å². The van der Waals surface area contributed by atoms with E-state index in [0.29, 0.717) is 10.7 Å². The van der Waals surface area contributed by atoms with Gasteiger partial charge in [-0.25, -0.2) is 0 Å². The van der Waals surface area contributed by atoms with Gasteiger partial charge in [-0.1, -0.05) is 35.4 Å². The lowest BCUT2D eigenvalue weighted by molar-refractivity contribution is -0.151. The summed E-state index contributed by atoms with van der Waals surface area (Å²) in [7, 11) is 0. The largest absolute Gasteiger partial charge is 0.455 e. The molecule has 3 rings (SSSR count). The predicted molar refractivity (Wildman–Crippen MR) is 107 cm³/mol. The van der Waals surface area contributed by atoms with Crippen LogP contribution in [0.25, 0.3) is 0 Å². The van der Waals surface area contributed by atoms with E-state index in [0.717, 1.165) is 16.8 Å². The summed E-state index contributed by atoms with van der Waals surface area (Å²) in [6.45, 7) is 3.63. The van der Waals surface area contributed by atoms with E-state index < -0.39 is 24.4 Å². The summed E-state index contributed by atoms with van der Waals surface area (Å²) in [6, 6.07) is 12.7. The van der Waals surface area contributed by atoms with Crippen LogP contribution in [-0.4, -0.2) is 30.9 Å². The van der Waals surface area contributed by atoms with E-state index in [1.807, 2.05) is 38.1 Å². The van der Waals surface area contributed by atoms with E-state index in [9.17, 15) is 14.4 Å². The Kier molecular flexibility index (Phi) is 5.99. The van der Waals surface area contributed by atoms with Crippen molar-refractivity contribution in [2.75, 3.05) is 23.4 Å². The molecular formula is C21H21ClN2O4. The third-order valence-corrected chi connectivity index (χ3v) is 4.86. The minimum Gasteiger partial charge on any atom is -0.455 e. The number of esters is 1. The summed E-state index contributed by atoms with van der Waals surface area (Å²) < 4.78 is 5.12. The zero-order chi connectivity index (χ0) is 20.3. The summed E-state index contributed by atoms with van der Waals surface area (Å²) in [5.41, 5.74) is 3.25. The van der Waals surface area contributed by atoms with Crippen LogP contribution in [0, 0.1) is 19.8 Å². The fraction of sp³-hybridized carbons (Fsp3) is 0.286. The number of rotatable bonds is 5. The third-order valence-electron chi connectivity index (χ3n) is 4.62. The maximum absolute atomic E-state index is 12.3. The molecule has 1 saturated heterocycles. The molecule has 146 valence electrons. The number of halogens is 1. The molecule has 0 spiro atoms. The van der Waals surface area contributed by atoms with Crippen molar-refractivity contribution < 1.29 is 19.1 Å². The summed E-state index contributed by atoms with van der Waals surface area (Å²) in [5.74, 6) is -1.74. The Morgan fingerprint density at radius 2 is 1.89 bits per heavy atom. The van der Waals surface area contributed by atoms with Gasteiger partial charge in [0.15, 0.2) is 6.61 Å². The quantitative estimate of drug-likeness (QED) is 0.779. The van der Waals surface area contributed by atoms with Crippen LogP contribution in [0.3, 0.4) is 0 Å². The number of anilines is 2. The first-order valence-electron chi connectivity index (χ1n) is 8.93. The summed E-state index contributed by atoms with van der Waals surface area (Å²) in [4.78, 5) is 38.2. The molecule has 2 amide bonds. The van der Waals surface area contributed by atoms with Crippen molar-refractivity contribution in [3.63, 3.8) is 0 Å². The summed E-state index contributed by atoms with van der Waals surface area (Å²) >= 11 is 5.93. The van der Waals surface area contributed by atoms with Crippen LogP contribution in [0.4, 0.5) is 11.4 Å². The molecule has 1 aliphatic rings. The Morgan fingerprint density at radius 1 is 1.18 bits per heavy atom. The zero-order valence-corrected chi connectivity index (χ0v) is 16.5. The standard InChI is InChI=1S/C21H21ClN2O4/c1-13-3-7-17(8-4-13)24-11-15(9-20(24)26)21(27)28-12-19(25)23-18-10-16(22)6-5-14(18)2/h3-8,10,15H,9,11-12H2,1-2H3,(H,23,25)/t15-/m1/s1. The Bertz CT molecular complexity index is 911. The number of carbonyl (C=O) groups excluding carboxylic acids is 3. The second-order valence-corrected chi connectivity index (χ2v) is 7.29. The van der Waals surface area contributed by atoms with E-state index in [1.165, 1.54) is 0 Å². The number of nitrogens with zero attached hydrogens (tertiary/aromatic N) is 1. The van der Waals surface area contributed by atoms with Gasteiger partial charge in [0.2, 0.25) is 5.91 Å².